The Balaban J connectivity index is 0.000000257. The Kier molecular flexibility index (Phi) is 9.66. The van der Waals surface area contributed by atoms with Crippen molar-refractivity contribution in [2.45, 2.75) is 68.7 Å². The fourth-order valence-electron chi connectivity index (χ4n) is 3.84. The molecule has 3 aliphatic rings. The van der Waals surface area contributed by atoms with E-state index in [1.165, 1.54) is 25.3 Å². The van der Waals surface area contributed by atoms with Crippen LogP contribution in [-0.2, 0) is 14.3 Å². The third-order valence-electron chi connectivity index (χ3n) is 5.59. The van der Waals surface area contributed by atoms with Gasteiger partial charge in [-0.15, -0.1) is 0 Å². The molecule has 0 unspecified atom stereocenters. The lowest BCUT2D eigenvalue weighted by Crippen LogP contribution is -2.57. The summed E-state index contributed by atoms with van der Waals surface area (Å²) >= 11 is 0. The zero-order chi connectivity index (χ0) is 26.4. The molecule has 0 bridgehead atoms. The number of rotatable bonds is 3. The van der Waals surface area contributed by atoms with Crippen LogP contribution < -0.4 is 4.74 Å². The quantitative estimate of drug-likeness (QED) is 0.582. The number of aromatic nitrogens is 1. The van der Waals surface area contributed by atoms with Crippen LogP contribution in [0.3, 0.4) is 0 Å². The van der Waals surface area contributed by atoms with Gasteiger partial charge in [-0.3, -0.25) is 4.90 Å². The third kappa shape index (κ3) is 8.19. The molecule has 0 spiro atoms. The number of ether oxygens (including phenoxy) is 2. The molecule has 1 aliphatic heterocycles. The first-order valence-electron chi connectivity index (χ1n) is 10.5. The number of hydrogen-bond donors (Lipinski definition) is 2. The Morgan fingerprint density at radius 1 is 1.03 bits per heavy atom. The van der Waals surface area contributed by atoms with Crippen molar-refractivity contribution in [1.29, 1.82) is 0 Å². The number of pyridine rings is 1. The molecule has 3 fully saturated rings. The Hall–Kier alpha value is -2.68. The number of nitrogens with zero attached hydrogens (tertiary/aromatic N) is 2. The summed E-state index contributed by atoms with van der Waals surface area (Å²) in [6, 6.07) is 4.12. The summed E-state index contributed by atoms with van der Waals surface area (Å²) in [4.78, 5) is 24.4. The second kappa shape index (κ2) is 11.8. The van der Waals surface area contributed by atoms with Crippen molar-refractivity contribution in [3.63, 3.8) is 0 Å². The lowest BCUT2D eigenvalue weighted by molar-refractivity contribution is -0.193. The number of carbonyl (C=O) groups is 2. The van der Waals surface area contributed by atoms with Gasteiger partial charge in [0.2, 0.25) is 0 Å². The third-order valence-corrected chi connectivity index (χ3v) is 5.59. The number of fused-ring (bicyclic) bond motifs is 1. The molecule has 2 saturated carbocycles. The van der Waals surface area contributed by atoms with Crippen molar-refractivity contribution in [2.24, 2.45) is 0 Å². The van der Waals surface area contributed by atoms with Crippen LogP contribution in [0.15, 0.2) is 18.3 Å². The standard InChI is InChI=1S/C16H21FN2O2.2C2HF3O2/c17-12-5-2-8-18-16(12)21-14-7-6-13-15(14)20-10-9-19(13)11-3-1-4-11;2*3-2(4,5)1(6)7/h2,5,8,11,13-15H,1,3-4,6-7,9-10H2;2*(H,6,7)/t13-,14-,15+;;/m0../s1. The Bertz CT molecular complexity index is 839. The van der Waals surface area contributed by atoms with E-state index in [0.717, 1.165) is 32.0 Å². The fourth-order valence-corrected chi connectivity index (χ4v) is 3.84. The van der Waals surface area contributed by atoms with Crippen LogP contribution >= 0.6 is 0 Å². The maximum atomic E-state index is 13.7. The van der Waals surface area contributed by atoms with Crippen molar-refractivity contribution in [3.05, 3.63) is 24.1 Å². The van der Waals surface area contributed by atoms with Gasteiger partial charge in [-0.1, -0.05) is 6.42 Å². The predicted molar refractivity (Wildman–Crippen MR) is 103 cm³/mol. The molecule has 8 nitrogen and oxygen atoms in total. The van der Waals surface area contributed by atoms with Crippen LogP contribution in [0.2, 0.25) is 0 Å². The molecule has 198 valence electrons. The molecular weight excluding hydrogens is 497 g/mol. The Morgan fingerprint density at radius 3 is 2.06 bits per heavy atom. The van der Waals surface area contributed by atoms with Crippen LogP contribution in [0.1, 0.15) is 32.1 Å². The van der Waals surface area contributed by atoms with Crippen molar-refractivity contribution >= 4 is 11.9 Å². The SMILES string of the molecule is Fc1cccnc1O[C@H]1CC[C@H]2[C@H]1OCCN2C1CCC1.O=C(O)C(F)(F)F.O=C(O)C(F)(F)F. The normalized spacial score (nSPS) is 24.6. The monoisotopic (exact) mass is 520 g/mol. The van der Waals surface area contributed by atoms with Gasteiger partial charge in [0.25, 0.3) is 5.88 Å². The summed E-state index contributed by atoms with van der Waals surface area (Å²) in [7, 11) is 0. The number of halogens is 7. The van der Waals surface area contributed by atoms with Crippen LogP contribution in [0.4, 0.5) is 30.7 Å². The average molecular weight is 520 g/mol. The minimum atomic E-state index is -5.08. The van der Waals surface area contributed by atoms with Gasteiger partial charge in [0.15, 0.2) is 5.82 Å². The maximum absolute atomic E-state index is 13.7. The average Bonchev–Trinajstić information content (AvgIpc) is 3.12. The molecule has 2 N–H and O–H groups in total. The molecule has 0 radical (unpaired) electrons. The highest BCUT2D eigenvalue weighted by Crippen LogP contribution is 2.37. The lowest BCUT2D eigenvalue weighted by Gasteiger charge is -2.46. The van der Waals surface area contributed by atoms with Gasteiger partial charge in [-0.2, -0.15) is 26.3 Å². The minimum absolute atomic E-state index is 0.0563. The first-order valence-corrected chi connectivity index (χ1v) is 10.5. The molecule has 15 heteroatoms. The second-order valence-electron chi connectivity index (χ2n) is 7.86. The van der Waals surface area contributed by atoms with E-state index in [4.69, 9.17) is 29.3 Å². The molecule has 1 aromatic heterocycles. The van der Waals surface area contributed by atoms with E-state index in [1.54, 1.807) is 12.3 Å². The summed E-state index contributed by atoms with van der Waals surface area (Å²) in [5.74, 6) is -5.81. The van der Waals surface area contributed by atoms with Gasteiger partial charge < -0.3 is 19.7 Å². The van der Waals surface area contributed by atoms with Crippen molar-refractivity contribution in [1.82, 2.24) is 9.88 Å². The fraction of sp³-hybridized carbons (Fsp3) is 0.650. The van der Waals surface area contributed by atoms with Crippen molar-refractivity contribution in [2.75, 3.05) is 13.2 Å². The molecule has 2 heterocycles. The zero-order valence-corrected chi connectivity index (χ0v) is 18.1. The van der Waals surface area contributed by atoms with E-state index in [-0.39, 0.29) is 18.1 Å². The highest BCUT2D eigenvalue weighted by atomic mass is 19.4. The van der Waals surface area contributed by atoms with E-state index >= 15 is 0 Å². The van der Waals surface area contributed by atoms with Gasteiger partial charge in [0, 0.05) is 24.8 Å². The van der Waals surface area contributed by atoms with E-state index in [1.807, 2.05) is 0 Å². The molecule has 35 heavy (non-hydrogen) atoms. The van der Waals surface area contributed by atoms with Crippen LogP contribution in [-0.4, -0.2) is 81.8 Å². The molecular formula is C20H23F7N2O6. The molecule has 1 aromatic rings. The number of morpholine rings is 1. The minimum Gasteiger partial charge on any atom is -0.475 e. The van der Waals surface area contributed by atoms with Crippen molar-refractivity contribution < 1.29 is 60.0 Å². The smallest absolute Gasteiger partial charge is 0.475 e. The summed E-state index contributed by atoms with van der Waals surface area (Å²) in [6.45, 7) is 1.78. The number of carboxylic acids is 2. The van der Waals surface area contributed by atoms with Crippen molar-refractivity contribution in [3.8, 4) is 5.88 Å². The van der Waals surface area contributed by atoms with Gasteiger partial charge >= 0.3 is 24.3 Å². The largest absolute Gasteiger partial charge is 0.490 e. The van der Waals surface area contributed by atoms with E-state index in [0.29, 0.717) is 6.04 Å². The van der Waals surface area contributed by atoms with Gasteiger partial charge in [0.1, 0.15) is 12.2 Å². The molecule has 1 saturated heterocycles. The Morgan fingerprint density at radius 2 is 1.60 bits per heavy atom. The topological polar surface area (TPSA) is 109 Å². The molecule has 3 atom stereocenters. The second-order valence-corrected chi connectivity index (χ2v) is 7.86. The summed E-state index contributed by atoms with van der Waals surface area (Å²) in [6.07, 6.45) is -2.68. The van der Waals surface area contributed by atoms with E-state index in [2.05, 4.69) is 9.88 Å². The van der Waals surface area contributed by atoms with Crippen LogP contribution in [0.5, 0.6) is 5.88 Å². The van der Waals surface area contributed by atoms with E-state index < -0.39 is 30.1 Å². The van der Waals surface area contributed by atoms with Gasteiger partial charge in [-0.25, -0.2) is 19.0 Å². The molecule has 2 aliphatic carbocycles. The number of hydrogen-bond acceptors (Lipinski definition) is 6. The zero-order valence-electron chi connectivity index (χ0n) is 18.1. The maximum Gasteiger partial charge on any atom is 0.490 e. The Labute approximate surface area is 194 Å². The van der Waals surface area contributed by atoms with Gasteiger partial charge in [0.05, 0.1) is 6.61 Å². The van der Waals surface area contributed by atoms with Gasteiger partial charge in [-0.05, 0) is 37.8 Å². The number of alkyl halides is 6. The lowest BCUT2D eigenvalue weighted by atomic mass is 9.89. The number of aliphatic carboxylic acids is 2. The highest BCUT2D eigenvalue weighted by molar-refractivity contribution is 5.73. The summed E-state index contributed by atoms with van der Waals surface area (Å²) < 4.78 is 88.9. The number of carboxylic acid groups (broad SMARTS) is 2. The van der Waals surface area contributed by atoms with E-state index in [9.17, 15) is 30.7 Å². The predicted octanol–water partition coefficient (Wildman–Crippen LogP) is 3.65. The van der Waals surface area contributed by atoms with Crippen LogP contribution in [0.25, 0.3) is 0 Å². The molecule has 0 aromatic carbocycles. The molecule has 0 amide bonds. The summed E-state index contributed by atoms with van der Waals surface area (Å²) in [5.41, 5.74) is 0. The first-order chi connectivity index (χ1) is 16.2. The first kappa shape index (κ1) is 28.6. The highest BCUT2D eigenvalue weighted by Gasteiger charge is 2.47. The molecule has 4 rings (SSSR count). The summed E-state index contributed by atoms with van der Waals surface area (Å²) in [5, 5.41) is 14.2. The van der Waals surface area contributed by atoms with Crippen LogP contribution in [0, 0.1) is 5.82 Å².